The van der Waals surface area contributed by atoms with Crippen molar-refractivity contribution >= 4 is 11.8 Å². The van der Waals surface area contributed by atoms with Crippen molar-refractivity contribution in [1.82, 2.24) is 20.4 Å². The van der Waals surface area contributed by atoms with E-state index < -0.39 is 6.04 Å². The first-order chi connectivity index (χ1) is 17.5. The summed E-state index contributed by atoms with van der Waals surface area (Å²) in [4.78, 5) is 25.5. The zero-order chi connectivity index (χ0) is 26.1. The lowest BCUT2D eigenvalue weighted by molar-refractivity contribution is -0.122. The second-order valence-corrected chi connectivity index (χ2v) is 9.05. The maximum Gasteiger partial charge on any atom is 0.272 e. The van der Waals surface area contributed by atoms with E-state index in [0.717, 1.165) is 56.2 Å². The average Bonchev–Trinajstić information content (AvgIpc) is 3.56. The molecule has 2 aliphatic carbocycles. The van der Waals surface area contributed by atoms with Crippen LogP contribution in [0, 0.1) is 0 Å². The van der Waals surface area contributed by atoms with E-state index in [0.29, 0.717) is 17.2 Å². The summed E-state index contributed by atoms with van der Waals surface area (Å²) in [5, 5.41) is 10.6. The number of rotatable bonds is 10. The predicted molar refractivity (Wildman–Crippen MR) is 141 cm³/mol. The molecule has 2 aromatic rings. The number of aromatic nitrogens is 2. The minimum absolute atomic E-state index is 0.0779. The number of hydrogen-bond acceptors (Lipinski definition) is 5. The second kappa shape index (κ2) is 13.1. The number of carbonyl (C=O) groups is 2. The molecule has 0 bridgehead atoms. The number of benzene rings is 1. The zero-order valence-electron chi connectivity index (χ0n) is 22.0. The highest BCUT2D eigenvalue weighted by Gasteiger charge is 2.28. The van der Waals surface area contributed by atoms with Crippen molar-refractivity contribution in [2.75, 3.05) is 14.2 Å². The van der Waals surface area contributed by atoms with E-state index in [4.69, 9.17) is 14.6 Å². The van der Waals surface area contributed by atoms with Crippen molar-refractivity contribution in [3.8, 4) is 22.8 Å². The van der Waals surface area contributed by atoms with Crippen LogP contribution in [0.2, 0.25) is 0 Å². The van der Waals surface area contributed by atoms with Gasteiger partial charge in [0.05, 0.1) is 44.0 Å². The number of ether oxygens (including phenoxy) is 2. The summed E-state index contributed by atoms with van der Waals surface area (Å²) in [6, 6.07) is 7.38. The molecule has 1 atom stereocenters. The Hall–Kier alpha value is -3.29. The molecule has 0 saturated heterocycles. The Labute approximate surface area is 214 Å². The summed E-state index contributed by atoms with van der Waals surface area (Å²) in [7, 11) is 3.23. The maximum absolute atomic E-state index is 13.2. The highest BCUT2D eigenvalue weighted by molar-refractivity contribution is 5.94. The van der Waals surface area contributed by atoms with E-state index in [1.165, 1.54) is 0 Å². The number of nitrogens with one attached hydrogen (secondary N) is 2. The van der Waals surface area contributed by atoms with E-state index in [1.54, 1.807) is 26.4 Å². The summed E-state index contributed by atoms with van der Waals surface area (Å²) >= 11 is 0. The SMILES string of the molecule is C=CC(CC(=O)NC1CCC1)NC(=O)c1cc(-c2c(OC)cccc2OC)n(C2CCCC2)n1.CC. The van der Waals surface area contributed by atoms with Crippen LogP contribution in [-0.2, 0) is 4.79 Å². The lowest BCUT2D eigenvalue weighted by Gasteiger charge is -2.27. The van der Waals surface area contributed by atoms with Gasteiger partial charge in [0.15, 0.2) is 5.69 Å². The van der Waals surface area contributed by atoms with Crippen LogP contribution in [0.15, 0.2) is 36.9 Å². The van der Waals surface area contributed by atoms with E-state index in [9.17, 15) is 9.59 Å². The number of hydrogen-bond donors (Lipinski definition) is 2. The molecular formula is C28H40N4O4. The maximum atomic E-state index is 13.2. The van der Waals surface area contributed by atoms with Crippen LogP contribution >= 0.6 is 0 Å². The van der Waals surface area contributed by atoms with Crippen LogP contribution in [0.25, 0.3) is 11.3 Å². The molecule has 2 fully saturated rings. The molecule has 36 heavy (non-hydrogen) atoms. The molecule has 4 rings (SSSR count). The summed E-state index contributed by atoms with van der Waals surface area (Å²) in [6.45, 7) is 7.80. The standard InChI is InChI=1S/C26H34N4O4.C2H6/c1-4-17(15-24(31)27-18-9-7-10-18)28-26(32)20-16-21(30(29-20)19-11-5-6-12-19)25-22(33-2)13-8-14-23(25)34-3;1-2/h4,8,13-14,16-19H,1,5-7,9-12,15H2,2-3H3,(H,27,31)(H,28,32);1-2H3. The predicted octanol–water partition coefficient (Wildman–Crippen LogP) is 5.05. The molecule has 0 aliphatic heterocycles. The van der Waals surface area contributed by atoms with Crippen molar-refractivity contribution in [1.29, 1.82) is 0 Å². The Bertz CT molecular complexity index is 1020. The molecule has 1 unspecified atom stereocenters. The summed E-state index contributed by atoms with van der Waals surface area (Å²) in [5.74, 6) is 0.892. The smallest absolute Gasteiger partial charge is 0.272 e. The summed E-state index contributed by atoms with van der Waals surface area (Å²) < 4.78 is 13.2. The van der Waals surface area contributed by atoms with Crippen molar-refractivity contribution in [2.45, 2.75) is 83.3 Å². The molecule has 1 aromatic carbocycles. The van der Waals surface area contributed by atoms with Gasteiger partial charge in [-0.1, -0.05) is 38.8 Å². The third-order valence-corrected chi connectivity index (χ3v) is 6.80. The number of methoxy groups -OCH3 is 2. The molecule has 8 heteroatoms. The van der Waals surface area contributed by atoms with Gasteiger partial charge in [0, 0.05) is 6.04 Å². The van der Waals surface area contributed by atoms with Crippen LogP contribution < -0.4 is 20.1 Å². The summed E-state index contributed by atoms with van der Waals surface area (Å²) in [6.07, 6.45) is 9.20. The van der Waals surface area contributed by atoms with Gasteiger partial charge < -0.3 is 20.1 Å². The third-order valence-electron chi connectivity index (χ3n) is 6.80. The molecule has 2 saturated carbocycles. The average molecular weight is 497 g/mol. The van der Waals surface area contributed by atoms with Gasteiger partial charge in [-0.3, -0.25) is 14.3 Å². The van der Waals surface area contributed by atoms with Gasteiger partial charge in [0.2, 0.25) is 5.91 Å². The second-order valence-electron chi connectivity index (χ2n) is 9.05. The topological polar surface area (TPSA) is 94.5 Å². The van der Waals surface area contributed by atoms with Crippen LogP contribution in [0.5, 0.6) is 11.5 Å². The van der Waals surface area contributed by atoms with Crippen molar-refractivity contribution in [3.05, 3.63) is 42.6 Å². The third kappa shape index (κ3) is 6.28. The Kier molecular flexibility index (Phi) is 9.96. The van der Waals surface area contributed by atoms with Crippen molar-refractivity contribution in [2.24, 2.45) is 0 Å². The Morgan fingerprint density at radius 3 is 2.28 bits per heavy atom. The van der Waals surface area contributed by atoms with Gasteiger partial charge in [-0.15, -0.1) is 6.58 Å². The van der Waals surface area contributed by atoms with Gasteiger partial charge in [-0.2, -0.15) is 5.10 Å². The molecule has 1 aromatic heterocycles. The number of nitrogens with zero attached hydrogens (tertiary/aromatic N) is 2. The van der Waals surface area contributed by atoms with Gasteiger partial charge in [-0.05, 0) is 50.3 Å². The normalized spacial score (nSPS) is 16.2. The fraction of sp³-hybridized carbons (Fsp3) is 0.536. The Morgan fingerprint density at radius 2 is 1.75 bits per heavy atom. The highest BCUT2D eigenvalue weighted by Crippen LogP contribution is 2.41. The van der Waals surface area contributed by atoms with Gasteiger partial charge in [-0.25, -0.2) is 0 Å². The molecule has 8 nitrogen and oxygen atoms in total. The largest absolute Gasteiger partial charge is 0.496 e. The van der Waals surface area contributed by atoms with Gasteiger partial charge >= 0.3 is 0 Å². The van der Waals surface area contributed by atoms with Gasteiger partial charge in [0.1, 0.15) is 11.5 Å². The lowest BCUT2D eigenvalue weighted by atomic mass is 9.93. The van der Waals surface area contributed by atoms with Crippen molar-refractivity contribution in [3.63, 3.8) is 0 Å². The zero-order valence-corrected chi connectivity index (χ0v) is 22.0. The van der Waals surface area contributed by atoms with E-state index >= 15 is 0 Å². The summed E-state index contributed by atoms with van der Waals surface area (Å²) in [5.41, 5.74) is 1.84. The van der Waals surface area contributed by atoms with Crippen LogP contribution in [0.3, 0.4) is 0 Å². The molecule has 196 valence electrons. The minimum atomic E-state index is -0.478. The minimum Gasteiger partial charge on any atom is -0.496 e. The molecule has 0 spiro atoms. The molecule has 2 N–H and O–H groups in total. The number of carbonyl (C=O) groups excluding carboxylic acids is 2. The van der Waals surface area contributed by atoms with Crippen molar-refractivity contribution < 1.29 is 19.1 Å². The quantitative estimate of drug-likeness (QED) is 0.449. The fourth-order valence-electron chi connectivity index (χ4n) is 4.70. The highest BCUT2D eigenvalue weighted by atomic mass is 16.5. The van der Waals surface area contributed by atoms with Crippen LogP contribution in [0.1, 0.15) is 81.7 Å². The number of amides is 2. The molecule has 2 aliphatic rings. The van der Waals surface area contributed by atoms with Crippen LogP contribution in [0.4, 0.5) is 0 Å². The lowest BCUT2D eigenvalue weighted by Crippen LogP contribution is -2.43. The van der Waals surface area contributed by atoms with Crippen LogP contribution in [-0.4, -0.2) is 47.9 Å². The molecular weight excluding hydrogens is 456 g/mol. The van der Waals surface area contributed by atoms with Gasteiger partial charge in [0.25, 0.3) is 5.91 Å². The molecule has 0 radical (unpaired) electrons. The van der Waals surface area contributed by atoms with E-state index in [-0.39, 0.29) is 30.3 Å². The van der Waals surface area contributed by atoms with E-state index in [1.807, 2.05) is 36.7 Å². The first kappa shape index (κ1) is 27.3. The van der Waals surface area contributed by atoms with E-state index in [2.05, 4.69) is 17.2 Å². The first-order valence-corrected chi connectivity index (χ1v) is 13.1. The molecule has 2 amide bonds. The fourth-order valence-corrected chi connectivity index (χ4v) is 4.70. The first-order valence-electron chi connectivity index (χ1n) is 13.1. The Morgan fingerprint density at radius 1 is 1.11 bits per heavy atom. The molecule has 1 heterocycles. The Balaban J connectivity index is 0.00000176. The monoisotopic (exact) mass is 496 g/mol.